The van der Waals surface area contributed by atoms with E-state index < -0.39 is 5.97 Å². The SMILES string of the molecule is Cc1cc(CN(CC2CCCC2)C(CC(=O)O)c2ccc(Cl)cc2)ccc1OCCn1c(O)ccc1O. The van der Waals surface area contributed by atoms with E-state index in [0.29, 0.717) is 30.6 Å². The van der Waals surface area contributed by atoms with Gasteiger partial charge in [0.25, 0.3) is 0 Å². The maximum absolute atomic E-state index is 11.9. The number of rotatable bonds is 12. The average molecular weight is 527 g/mol. The molecule has 1 unspecified atom stereocenters. The molecule has 1 aliphatic carbocycles. The molecule has 1 aliphatic rings. The smallest absolute Gasteiger partial charge is 0.305 e. The third-order valence-corrected chi connectivity index (χ3v) is 7.41. The molecule has 1 aromatic heterocycles. The van der Waals surface area contributed by atoms with E-state index in [2.05, 4.69) is 11.0 Å². The monoisotopic (exact) mass is 526 g/mol. The lowest BCUT2D eigenvalue weighted by molar-refractivity contribution is -0.138. The van der Waals surface area contributed by atoms with Crippen molar-refractivity contribution in [2.24, 2.45) is 5.92 Å². The third-order valence-electron chi connectivity index (χ3n) is 7.16. The quantitative estimate of drug-likeness (QED) is 0.262. The molecule has 0 saturated heterocycles. The van der Waals surface area contributed by atoms with Crippen LogP contribution < -0.4 is 4.74 Å². The molecule has 0 spiro atoms. The molecular weight excluding hydrogens is 492 g/mol. The summed E-state index contributed by atoms with van der Waals surface area (Å²) >= 11 is 6.11. The minimum absolute atomic E-state index is 0.00729. The fourth-order valence-electron chi connectivity index (χ4n) is 5.26. The summed E-state index contributed by atoms with van der Waals surface area (Å²) < 4.78 is 7.30. The number of aryl methyl sites for hydroxylation is 1. The lowest BCUT2D eigenvalue weighted by Crippen LogP contribution is -2.34. The lowest BCUT2D eigenvalue weighted by Gasteiger charge is -2.33. The van der Waals surface area contributed by atoms with E-state index >= 15 is 0 Å². The second-order valence-corrected chi connectivity index (χ2v) is 10.3. The molecule has 1 atom stereocenters. The van der Waals surface area contributed by atoms with E-state index in [9.17, 15) is 20.1 Å². The molecular formula is C29H35ClN2O5. The van der Waals surface area contributed by atoms with E-state index in [0.717, 1.165) is 29.0 Å². The predicted molar refractivity (Wildman–Crippen MR) is 143 cm³/mol. The van der Waals surface area contributed by atoms with E-state index in [4.69, 9.17) is 16.3 Å². The standard InChI is InChI=1S/C29H35ClN2O5/c1-20-16-22(6-11-26(20)37-15-14-32-27(33)12-13-28(32)34)19-31(18-21-4-2-3-5-21)25(17-29(35)36)23-7-9-24(30)10-8-23/h6-13,16,21,25,33-34H,2-5,14-15,17-19H2,1H3,(H,35,36). The molecule has 8 heteroatoms. The summed E-state index contributed by atoms with van der Waals surface area (Å²) in [6.45, 7) is 4.07. The first-order valence-electron chi connectivity index (χ1n) is 12.8. The highest BCUT2D eigenvalue weighted by Gasteiger charge is 2.27. The van der Waals surface area contributed by atoms with Gasteiger partial charge in [0.05, 0.1) is 13.0 Å². The van der Waals surface area contributed by atoms with E-state index in [1.54, 1.807) is 0 Å². The fraction of sp³-hybridized carbons (Fsp3) is 0.414. The van der Waals surface area contributed by atoms with Crippen molar-refractivity contribution in [2.45, 2.75) is 58.2 Å². The van der Waals surface area contributed by atoms with Crippen molar-refractivity contribution in [1.82, 2.24) is 9.47 Å². The first-order valence-corrected chi connectivity index (χ1v) is 13.2. The minimum atomic E-state index is -0.823. The van der Waals surface area contributed by atoms with Crippen LogP contribution in [0.4, 0.5) is 0 Å². The zero-order chi connectivity index (χ0) is 26.4. The van der Waals surface area contributed by atoms with Crippen LogP contribution in [-0.4, -0.2) is 43.9 Å². The van der Waals surface area contributed by atoms with Crippen LogP contribution in [0.25, 0.3) is 0 Å². The van der Waals surface area contributed by atoms with Crippen LogP contribution in [-0.2, 0) is 17.9 Å². The number of carbonyl (C=O) groups is 1. The summed E-state index contributed by atoms with van der Waals surface area (Å²) in [6.07, 6.45) is 4.83. The lowest BCUT2D eigenvalue weighted by atomic mass is 9.98. The fourth-order valence-corrected chi connectivity index (χ4v) is 5.39. The summed E-state index contributed by atoms with van der Waals surface area (Å²) in [5.74, 6) is 0.459. The number of hydrogen-bond donors (Lipinski definition) is 3. The van der Waals surface area contributed by atoms with Gasteiger partial charge in [-0.05, 0) is 60.6 Å². The Kier molecular flexibility index (Phi) is 9.00. The van der Waals surface area contributed by atoms with Crippen molar-refractivity contribution in [3.8, 4) is 17.5 Å². The van der Waals surface area contributed by atoms with Crippen LogP contribution in [0.15, 0.2) is 54.6 Å². The number of aromatic nitrogens is 1. The molecule has 7 nitrogen and oxygen atoms in total. The van der Waals surface area contributed by atoms with Crippen LogP contribution >= 0.6 is 11.6 Å². The van der Waals surface area contributed by atoms with Gasteiger partial charge in [-0.2, -0.15) is 0 Å². The Labute approximate surface area is 222 Å². The highest BCUT2D eigenvalue weighted by atomic mass is 35.5. The normalized spacial score (nSPS) is 14.8. The summed E-state index contributed by atoms with van der Waals surface area (Å²) in [7, 11) is 0. The Hall–Kier alpha value is -3.16. The number of ether oxygens (including phenoxy) is 1. The Balaban J connectivity index is 1.50. The Morgan fingerprint density at radius 3 is 2.38 bits per heavy atom. The van der Waals surface area contributed by atoms with E-state index in [1.165, 1.54) is 42.4 Å². The van der Waals surface area contributed by atoms with Crippen molar-refractivity contribution in [3.63, 3.8) is 0 Å². The first-order chi connectivity index (χ1) is 17.8. The zero-order valence-corrected chi connectivity index (χ0v) is 21.9. The molecule has 0 bridgehead atoms. The van der Waals surface area contributed by atoms with Crippen molar-refractivity contribution in [3.05, 3.63) is 76.3 Å². The van der Waals surface area contributed by atoms with Gasteiger partial charge in [0, 0.05) is 36.3 Å². The molecule has 0 aliphatic heterocycles. The second kappa shape index (κ2) is 12.4. The number of hydrogen-bond acceptors (Lipinski definition) is 5. The van der Waals surface area contributed by atoms with Crippen LogP contribution in [0.3, 0.4) is 0 Å². The molecule has 3 N–H and O–H groups in total. The highest BCUT2D eigenvalue weighted by Crippen LogP contribution is 2.33. The molecule has 1 heterocycles. The number of carboxylic acids is 1. The van der Waals surface area contributed by atoms with Gasteiger partial charge in [-0.1, -0.05) is 48.7 Å². The van der Waals surface area contributed by atoms with Crippen molar-refractivity contribution in [2.75, 3.05) is 13.2 Å². The van der Waals surface area contributed by atoms with Crippen LogP contribution in [0, 0.1) is 12.8 Å². The molecule has 1 fully saturated rings. The summed E-state index contributed by atoms with van der Waals surface area (Å²) in [5, 5.41) is 30.0. The minimum Gasteiger partial charge on any atom is -0.494 e. The van der Waals surface area contributed by atoms with Gasteiger partial charge in [-0.3, -0.25) is 14.3 Å². The molecule has 37 heavy (non-hydrogen) atoms. The molecule has 2 aromatic carbocycles. The third kappa shape index (κ3) is 7.21. The molecule has 0 radical (unpaired) electrons. The largest absolute Gasteiger partial charge is 0.494 e. The topological polar surface area (TPSA) is 95.2 Å². The van der Waals surface area contributed by atoms with Gasteiger partial charge >= 0.3 is 5.97 Å². The molecule has 4 rings (SSSR count). The average Bonchev–Trinajstić information content (AvgIpc) is 3.49. The van der Waals surface area contributed by atoms with Gasteiger partial charge in [0.15, 0.2) is 11.8 Å². The van der Waals surface area contributed by atoms with Gasteiger partial charge in [0.1, 0.15) is 12.4 Å². The van der Waals surface area contributed by atoms with Crippen molar-refractivity contribution >= 4 is 17.6 Å². The van der Waals surface area contributed by atoms with Crippen LogP contribution in [0.5, 0.6) is 17.5 Å². The molecule has 198 valence electrons. The van der Waals surface area contributed by atoms with Crippen molar-refractivity contribution < 1.29 is 24.9 Å². The summed E-state index contributed by atoms with van der Waals surface area (Å²) in [6, 6.07) is 16.2. The number of halogens is 1. The maximum Gasteiger partial charge on any atom is 0.305 e. The molecule has 0 amide bonds. The summed E-state index contributed by atoms with van der Waals surface area (Å²) in [5.41, 5.74) is 3.02. The number of aromatic hydroxyl groups is 2. The van der Waals surface area contributed by atoms with Crippen LogP contribution in [0.1, 0.15) is 54.8 Å². The number of carboxylic acid groups (broad SMARTS) is 1. The number of nitrogens with zero attached hydrogens (tertiary/aromatic N) is 2. The van der Waals surface area contributed by atoms with E-state index in [1.807, 2.05) is 43.3 Å². The summed E-state index contributed by atoms with van der Waals surface area (Å²) in [4.78, 5) is 14.2. The Bertz CT molecular complexity index is 1170. The predicted octanol–water partition coefficient (Wildman–Crippen LogP) is 6.15. The van der Waals surface area contributed by atoms with Crippen molar-refractivity contribution in [1.29, 1.82) is 0 Å². The van der Waals surface area contributed by atoms with E-state index in [-0.39, 0.29) is 24.2 Å². The Morgan fingerprint density at radius 1 is 1.08 bits per heavy atom. The maximum atomic E-state index is 11.9. The number of benzene rings is 2. The van der Waals surface area contributed by atoms with Gasteiger partial charge in [-0.25, -0.2) is 0 Å². The highest BCUT2D eigenvalue weighted by molar-refractivity contribution is 6.30. The first kappa shape index (κ1) is 26.9. The molecule has 1 saturated carbocycles. The van der Waals surface area contributed by atoms with Gasteiger partial charge in [0.2, 0.25) is 0 Å². The van der Waals surface area contributed by atoms with Gasteiger partial charge in [-0.15, -0.1) is 0 Å². The Morgan fingerprint density at radius 2 is 1.76 bits per heavy atom. The number of aliphatic carboxylic acids is 1. The second-order valence-electron chi connectivity index (χ2n) is 9.89. The zero-order valence-electron chi connectivity index (χ0n) is 21.1. The van der Waals surface area contributed by atoms with Crippen LogP contribution in [0.2, 0.25) is 5.02 Å². The van der Waals surface area contributed by atoms with Gasteiger partial charge < -0.3 is 20.1 Å². The molecule has 3 aromatic rings.